The minimum Gasteiger partial charge on any atom is -0.496 e. The molecular formula is C19H32N4O2. The third kappa shape index (κ3) is 5.08. The van der Waals surface area contributed by atoms with Crippen LogP contribution in [0.25, 0.3) is 0 Å². The van der Waals surface area contributed by atoms with Crippen molar-refractivity contribution in [1.29, 1.82) is 0 Å². The van der Waals surface area contributed by atoms with E-state index in [1.54, 1.807) is 13.3 Å². The Morgan fingerprint density at radius 1 is 1.28 bits per heavy atom. The van der Waals surface area contributed by atoms with Crippen LogP contribution in [-0.2, 0) is 6.54 Å². The highest BCUT2D eigenvalue weighted by Crippen LogP contribution is 2.28. The fraction of sp³-hybridized carbons (Fsp3) is 0.684. The number of ether oxygens (including phenoxy) is 1. The fourth-order valence-electron chi connectivity index (χ4n) is 4.07. The maximum Gasteiger partial charge on any atom is 0.315 e. The second-order valence-electron chi connectivity index (χ2n) is 8.37. The van der Waals surface area contributed by atoms with Gasteiger partial charge in [-0.05, 0) is 54.4 Å². The van der Waals surface area contributed by atoms with Crippen molar-refractivity contribution in [1.82, 2.24) is 20.9 Å². The molecule has 6 nitrogen and oxygen atoms in total. The van der Waals surface area contributed by atoms with Crippen LogP contribution in [0.3, 0.4) is 0 Å². The van der Waals surface area contributed by atoms with E-state index in [0.717, 1.165) is 35.4 Å². The normalized spacial score (nSPS) is 19.3. The van der Waals surface area contributed by atoms with Gasteiger partial charge in [-0.1, -0.05) is 0 Å². The van der Waals surface area contributed by atoms with Gasteiger partial charge in [-0.2, -0.15) is 0 Å². The fourth-order valence-corrected chi connectivity index (χ4v) is 4.07. The molecule has 1 fully saturated rings. The maximum absolute atomic E-state index is 12.3. The number of methoxy groups -OCH3 is 1. The summed E-state index contributed by atoms with van der Waals surface area (Å²) in [5, 5.41) is 9.66. The Balaban J connectivity index is 1.95. The highest BCUT2D eigenvalue weighted by atomic mass is 16.5. The lowest BCUT2D eigenvalue weighted by Crippen LogP contribution is -2.62. The van der Waals surface area contributed by atoms with Gasteiger partial charge in [-0.25, -0.2) is 4.79 Å². The number of carbonyl (C=O) groups excluding carboxylic acids is 1. The minimum atomic E-state index is -0.153. The molecule has 25 heavy (non-hydrogen) atoms. The molecule has 0 aromatic carbocycles. The van der Waals surface area contributed by atoms with E-state index in [4.69, 9.17) is 4.74 Å². The summed E-state index contributed by atoms with van der Waals surface area (Å²) in [5.41, 5.74) is 2.78. The Morgan fingerprint density at radius 3 is 2.44 bits per heavy atom. The Labute approximate surface area is 151 Å². The van der Waals surface area contributed by atoms with Crippen LogP contribution in [0.5, 0.6) is 5.75 Å². The molecule has 1 aliphatic heterocycles. The predicted molar refractivity (Wildman–Crippen MR) is 100.0 cm³/mol. The number of urea groups is 1. The highest BCUT2D eigenvalue weighted by molar-refractivity contribution is 5.74. The van der Waals surface area contributed by atoms with E-state index in [1.165, 1.54) is 0 Å². The molecule has 0 bridgehead atoms. The van der Waals surface area contributed by atoms with Crippen LogP contribution in [0.15, 0.2) is 6.20 Å². The third-order valence-electron chi connectivity index (χ3n) is 4.69. The molecule has 140 valence electrons. The van der Waals surface area contributed by atoms with E-state index in [1.807, 2.05) is 13.8 Å². The van der Waals surface area contributed by atoms with Gasteiger partial charge < -0.3 is 20.7 Å². The number of piperidine rings is 1. The Kier molecular flexibility index (Phi) is 5.62. The number of rotatable bonds is 4. The van der Waals surface area contributed by atoms with Crippen molar-refractivity contribution in [2.75, 3.05) is 7.11 Å². The number of pyridine rings is 1. The van der Waals surface area contributed by atoms with Crippen molar-refractivity contribution < 1.29 is 9.53 Å². The predicted octanol–water partition coefficient (Wildman–Crippen LogP) is 2.82. The van der Waals surface area contributed by atoms with Crippen LogP contribution < -0.4 is 20.7 Å². The van der Waals surface area contributed by atoms with Crippen LogP contribution >= 0.6 is 0 Å². The zero-order valence-electron chi connectivity index (χ0n) is 16.5. The Morgan fingerprint density at radius 2 is 1.88 bits per heavy atom. The molecule has 0 unspecified atom stereocenters. The van der Waals surface area contributed by atoms with Gasteiger partial charge in [0.25, 0.3) is 0 Å². The summed E-state index contributed by atoms with van der Waals surface area (Å²) in [4.78, 5) is 16.8. The average Bonchev–Trinajstić information content (AvgIpc) is 2.43. The van der Waals surface area contributed by atoms with Gasteiger partial charge in [0, 0.05) is 34.4 Å². The van der Waals surface area contributed by atoms with E-state index in [0.29, 0.717) is 6.54 Å². The molecule has 3 N–H and O–H groups in total. The summed E-state index contributed by atoms with van der Waals surface area (Å²) in [6, 6.07) is -0.00731. The van der Waals surface area contributed by atoms with E-state index in [2.05, 4.69) is 48.6 Å². The molecule has 2 heterocycles. The van der Waals surface area contributed by atoms with Gasteiger partial charge in [0.2, 0.25) is 0 Å². The SMILES string of the molecule is COc1c(C)cnc(CNC(=O)NC2CC(C)(C)NC(C)(C)C2)c1C. The zero-order valence-corrected chi connectivity index (χ0v) is 16.5. The number of nitrogens with one attached hydrogen (secondary N) is 3. The molecule has 6 heteroatoms. The lowest BCUT2D eigenvalue weighted by atomic mass is 9.80. The highest BCUT2D eigenvalue weighted by Gasteiger charge is 2.38. The summed E-state index contributed by atoms with van der Waals surface area (Å²) in [6.45, 7) is 13.0. The maximum atomic E-state index is 12.3. The second kappa shape index (κ2) is 7.20. The van der Waals surface area contributed by atoms with E-state index < -0.39 is 0 Å². The lowest BCUT2D eigenvalue weighted by Gasteiger charge is -2.46. The van der Waals surface area contributed by atoms with Crippen molar-refractivity contribution in [2.24, 2.45) is 0 Å². The number of aryl methyl sites for hydroxylation is 1. The smallest absolute Gasteiger partial charge is 0.315 e. The first-order valence-corrected chi connectivity index (χ1v) is 8.86. The van der Waals surface area contributed by atoms with Crippen molar-refractivity contribution in [3.8, 4) is 5.75 Å². The first-order valence-electron chi connectivity index (χ1n) is 8.86. The largest absolute Gasteiger partial charge is 0.496 e. The first kappa shape index (κ1) is 19.5. The molecule has 2 amide bonds. The van der Waals surface area contributed by atoms with Gasteiger partial charge in [-0.15, -0.1) is 0 Å². The molecule has 2 rings (SSSR count). The Hall–Kier alpha value is -1.82. The molecular weight excluding hydrogens is 316 g/mol. The van der Waals surface area contributed by atoms with Gasteiger partial charge >= 0.3 is 6.03 Å². The monoisotopic (exact) mass is 348 g/mol. The number of hydrogen-bond donors (Lipinski definition) is 3. The molecule has 0 spiro atoms. The summed E-state index contributed by atoms with van der Waals surface area (Å²) < 4.78 is 5.42. The van der Waals surface area contributed by atoms with Gasteiger partial charge in [0.1, 0.15) is 5.75 Å². The first-order chi connectivity index (χ1) is 11.5. The van der Waals surface area contributed by atoms with E-state index in [-0.39, 0.29) is 23.2 Å². The van der Waals surface area contributed by atoms with Crippen LogP contribution in [-0.4, -0.2) is 35.2 Å². The molecule has 0 saturated carbocycles. The van der Waals surface area contributed by atoms with Crippen LogP contribution in [0.4, 0.5) is 4.79 Å². The number of amides is 2. The summed E-state index contributed by atoms with van der Waals surface area (Å²) in [7, 11) is 1.65. The van der Waals surface area contributed by atoms with Gasteiger partial charge in [0.05, 0.1) is 19.3 Å². The molecule has 0 atom stereocenters. The summed E-state index contributed by atoms with van der Waals surface area (Å²) in [5.74, 6) is 0.828. The average molecular weight is 348 g/mol. The third-order valence-corrected chi connectivity index (χ3v) is 4.69. The van der Waals surface area contributed by atoms with Crippen molar-refractivity contribution in [2.45, 2.75) is 78.0 Å². The number of nitrogens with zero attached hydrogens (tertiary/aromatic N) is 1. The molecule has 1 aliphatic rings. The zero-order chi connectivity index (χ0) is 18.8. The summed E-state index contributed by atoms with van der Waals surface area (Å²) in [6.07, 6.45) is 3.58. The number of hydrogen-bond acceptors (Lipinski definition) is 4. The molecule has 1 aromatic rings. The second-order valence-corrected chi connectivity index (χ2v) is 8.37. The quantitative estimate of drug-likeness (QED) is 0.782. The standard InChI is InChI=1S/C19H32N4O2/c1-12-10-20-15(13(2)16(12)25-7)11-21-17(24)22-14-8-18(3,4)23-19(5,6)9-14/h10,14,23H,8-9,11H2,1-7H3,(H2,21,22,24). The van der Waals surface area contributed by atoms with Gasteiger partial charge in [-0.3, -0.25) is 4.98 Å². The van der Waals surface area contributed by atoms with Crippen LogP contribution in [0.1, 0.15) is 57.4 Å². The van der Waals surface area contributed by atoms with Crippen LogP contribution in [0.2, 0.25) is 0 Å². The minimum absolute atomic E-state index is 0.00215. The van der Waals surface area contributed by atoms with Crippen LogP contribution in [0, 0.1) is 13.8 Å². The van der Waals surface area contributed by atoms with Gasteiger partial charge in [0.15, 0.2) is 0 Å². The molecule has 0 aliphatic carbocycles. The summed E-state index contributed by atoms with van der Waals surface area (Å²) >= 11 is 0. The Bertz CT molecular complexity index is 625. The number of carbonyl (C=O) groups is 1. The van der Waals surface area contributed by atoms with E-state index >= 15 is 0 Å². The van der Waals surface area contributed by atoms with Crippen molar-refractivity contribution >= 4 is 6.03 Å². The van der Waals surface area contributed by atoms with E-state index in [9.17, 15) is 4.79 Å². The van der Waals surface area contributed by atoms with Crippen molar-refractivity contribution in [3.05, 3.63) is 23.0 Å². The molecule has 0 radical (unpaired) electrons. The molecule has 1 saturated heterocycles. The lowest BCUT2D eigenvalue weighted by molar-refractivity contribution is 0.147. The topological polar surface area (TPSA) is 75.3 Å². The number of aromatic nitrogens is 1. The molecule has 1 aromatic heterocycles. The van der Waals surface area contributed by atoms with Crippen molar-refractivity contribution in [3.63, 3.8) is 0 Å².